The van der Waals surface area contributed by atoms with Gasteiger partial charge in [0.25, 0.3) is 5.91 Å². The van der Waals surface area contributed by atoms with Crippen molar-refractivity contribution in [3.05, 3.63) is 77.4 Å². The summed E-state index contributed by atoms with van der Waals surface area (Å²) in [5, 5.41) is 33.2. The van der Waals surface area contributed by atoms with E-state index in [2.05, 4.69) is 10.0 Å². The summed E-state index contributed by atoms with van der Waals surface area (Å²) in [5.41, 5.74) is -1.29. The SMILES string of the molecule is C/C=S(/NCP(=O)(O)Oc1ccc(C#N)c(C(F)(F)F)c1)c1cc2cc(NC(=O)c3ccc(O)c(O)c3)ccc2s1. The average Bonchev–Trinajstić information content (AvgIpc) is 3.33. The number of alkyl halides is 3. The van der Waals surface area contributed by atoms with Crippen molar-refractivity contribution in [1.82, 2.24) is 4.72 Å². The molecule has 0 aliphatic heterocycles. The van der Waals surface area contributed by atoms with Crippen LogP contribution in [0.3, 0.4) is 0 Å². The number of nitriles is 1. The zero-order valence-electron chi connectivity index (χ0n) is 21.0. The molecular formula is C26H21F3N3O6PS2. The number of benzene rings is 3. The predicted octanol–water partition coefficient (Wildman–Crippen LogP) is 6.63. The van der Waals surface area contributed by atoms with Crippen LogP contribution in [0.2, 0.25) is 0 Å². The van der Waals surface area contributed by atoms with Crippen molar-refractivity contribution < 1.29 is 42.2 Å². The molecule has 0 radical (unpaired) electrons. The highest BCUT2D eigenvalue weighted by Gasteiger charge is 2.35. The molecule has 0 aliphatic rings. The van der Waals surface area contributed by atoms with Gasteiger partial charge in [-0.15, -0.1) is 11.3 Å². The number of anilines is 1. The van der Waals surface area contributed by atoms with Gasteiger partial charge in [0, 0.05) is 16.0 Å². The molecule has 1 amide bonds. The Kier molecular flexibility index (Phi) is 8.77. The fourth-order valence-corrected chi connectivity index (χ4v) is 7.98. The second-order valence-electron chi connectivity index (χ2n) is 8.40. The summed E-state index contributed by atoms with van der Waals surface area (Å²) in [5.74, 6) is -1.77. The van der Waals surface area contributed by atoms with Gasteiger partial charge in [-0.2, -0.15) is 18.4 Å². The normalized spacial score (nSPS) is 13.9. The molecule has 0 aliphatic carbocycles. The van der Waals surface area contributed by atoms with Gasteiger partial charge >= 0.3 is 13.8 Å². The third-order valence-electron chi connectivity index (χ3n) is 5.53. The monoisotopic (exact) mass is 623 g/mol. The zero-order chi connectivity index (χ0) is 29.9. The largest absolute Gasteiger partial charge is 0.504 e. The van der Waals surface area contributed by atoms with Crippen molar-refractivity contribution in [2.24, 2.45) is 0 Å². The van der Waals surface area contributed by atoms with Crippen LogP contribution in [0, 0.1) is 11.3 Å². The molecule has 2 unspecified atom stereocenters. The smallest absolute Gasteiger partial charge is 0.417 e. The van der Waals surface area contributed by atoms with Crippen LogP contribution in [-0.2, 0) is 10.7 Å². The van der Waals surface area contributed by atoms with Gasteiger partial charge < -0.3 is 24.9 Å². The van der Waals surface area contributed by atoms with E-state index in [4.69, 9.17) is 9.79 Å². The number of halogens is 3. The molecule has 15 heteroatoms. The quantitative estimate of drug-likeness (QED) is 0.0833. The Labute approximate surface area is 238 Å². The molecule has 4 aromatic rings. The lowest BCUT2D eigenvalue weighted by atomic mass is 10.1. The highest BCUT2D eigenvalue weighted by atomic mass is 32.2. The van der Waals surface area contributed by atoms with E-state index in [1.807, 2.05) is 6.07 Å². The first-order valence-corrected chi connectivity index (χ1v) is 15.4. The predicted molar refractivity (Wildman–Crippen MR) is 152 cm³/mol. The molecule has 0 saturated heterocycles. The van der Waals surface area contributed by atoms with Crippen molar-refractivity contribution in [3.63, 3.8) is 0 Å². The van der Waals surface area contributed by atoms with Crippen LogP contribution in [0.1, 0.15) is 28.4 Å². The highest BCUT2D eigenvalue weighted by molar-refractivity contribution is 8.14. The van der Waals surface area contributed by atoms with E-state index in [9.17, 15) is 37.6 Å². The Balaban J connectivity index is 1.46. The van der Waals surface area contributed by atoms with E-state index < -0.39 is 59.3 Å². The van der Waals surface area contributed by atoms with Crippen molar-refractivity contribution >= 4 is 56.7 Å². The third kappa shape index (κ3) is 7.27. The molecular weight excluding hydrogens is 602 g/mol. The first kappa shape index (κ1) is 30.1. The number of thiophene rings is 1. The number of carbonyl (C=O) groups excluding carboxylic acids is 1. The van der Waals surface area contributed by atoms with Crippen molar-refractivity contribution in [3.8, 4) is 23.3 Å². The first-order valence-electron chi connectivity index (χ1n) is 11.6. The van der Waals surface area contributed by atoms with Gasteiger partial charge in [0.1, 0.15) is 12.0 Å². The van der Waals surface area contributed by atoms with Crippen LogP contribution in [0.5, 0.6) is 17.2 Å². The van der Waals surface area contributed by atoms with E-state index in [1.165, 1.54) is 29.5 Å². The number of nitrogens with zero attached hydrogens (tertiary/aromatic N) is 1. The van der Waals surface area contributed by atoms with Gasteiger partial charge in [-0.25, -0.2) is 4.57 Å². The molecule has 214 valence electrons. The van der Waals surface area contributed by atoms with Gasteiger partial charge in [0.05, 0.1) is 21.4 Å². The maximum absolute atomic E-state index is 13.2. The standard InChI is InChI=1S/C26H21F3N3O6PS2/c1-2-41(31-14-39(36,37)38-19-6-3-16(13-30)20(12-19)26(27,28)29)24-11-17-9-18(5-8-23(17)40-24)32-25(35)15-4-7-21(33)22(34)10-15/h2-12,31,33-34H,14H2,1H3,(H,32,35)(H,36,37). The van der Waals surface area contributed by atoms with Crippen LogP contribution >= 0.6 is 29.6 Å². The summed E-state index contributed by atoms with van der Waals surface area (Å²) in [6.45, 7) is 1.73. The minimum Gasteiger partial charge on any atom is -0.504 e. The minimum absolute atomic E-state index is 0.143. The summed E-state index contributed by atoms with van der Waals surface area (Å²) in [6.07, 6.45) is -5.42. The van der Waals surface area contributed by atoms with Crippen LogP contribution < -0.4 is 14.6 Å². The van der Waals surface area contributed by atoms with Crippen LogP contribution in [0.25, 0.3) is 10.1 Å². The molecule has 0 saturated carbocycles. The topological polar surface area (TPSA) is 152 Å². The first-order chi connectivity index (χ1) is 19.3. The van der Waals surface area contributed by atoms with Crippen molar-refractivity contribution in [2.75, 3.05) is 11.6 Å². The average molecular weight is 624 g/mol. The lowest BCUT2D eigenvalue weighted by molar-refractivity contribution is -0.137. The summed E-state index contributed by atoms with van der Waals surface area (Å²) in [7, 11) is -5.28. The Morgan fingerprint density at radius 2 is 1.88 bits per heavy atom. The number of phenolic OH excluding ortho intramolecular Hbond substituents is 2. The highest BCUT2D eigenvalue weighted by Crippen LogP contribution is 2.45. The fraction of sp³-hybridized carbons (Fsp3) is 0.115. The number of aromatic hydroxyl groups is 2. The molecule has 1 heterocycles. The molecule has 0 fully saturated rings. The lowest BCUT2D eigenvalue weighted by Crippen LogP contribution is -2.13. The van der Waals surface area contributed by atoms with Crippen LogP contribution in [0.4, 0.5) is 18.9 Å². The number of phenols is 2. The van der Waals surface area contributed by atoms with Gasteiger partial charge in [0.15, 0.2) is 11.5 Å². The number of hydrogen-bond acceptors (Lipinski definition) is 8. The van der Waals surface area contributed by atoms with E-state index in [0.717, 1.165) is 32.5 Å². The Bertz CT molecular complexity index is 1770. The second kappa shape index (κ2) is 11.9. The Morgan fingerprint density at radius 3 is 2.54 bits per heavy atom. The lowest BCUT2D eigenvalue weighted by Gasteiger charge is -2.17. The zero-order valence-corrected chi connectivity index (χ0v) is 23.5. The molecule has 4 rings (SSSR count). The van der Waals surface area contributed by atoms with Gasteiger partial charge in [-0.3, -0.25) is 9.52 Å². The van der Waals surface area contributed by atoms with Gasteiger partial charge in [0.2, 0.25) is 0 Å². The maximum Gasteiger partial charge on any atom is 0.417 e. The van der Waals surface area contributed by atoms with E-state index in [-0.39, 0.29) is 11.3 Å². The number of amides is 1. The molecule has 1 aromatic heterocycles. The van der Waals surface area contributed by atoms with Gasteiger partial charge in [-0.1, -0.05) is 10.7 Å². The Hall–Kier alpha value is -3.86. The minimum atomic E-state index is -4.84. The fourth-order valence-electron chi connectivity index (χ4n) is 3.60. The summed E-state index contributed by atoms with van der Waals surface area (Å²) in [4.78, 5) is 22.9. The molecule has 0 bridgehead atoms. The molecule has 3 aromatic carbocycles. The van der Waals surface area contributed by atoms with E-state index in [1.54, 1.807) is 30.5 Å². The van der Waals surface area contributed by atoms with Gasteiger partial charge in [-0.05, 0) is 78.3 Å². The number of nitrogens with one attached hydrogen (secondary N) is 2. The van der Waals surface area contributed by atoms with Crippen molar-refractivity contribution in [1.29, 1.82) is 5.26 Å². The molecule has 2 atom stereocenters. The molecule has 5 N–H and O–H groups in total. The summed E-state index contributed by atoms with van der Waals surface area (Å²) < 4.78 is 61.9. The number of carbonyl (C=O) groups is 1. The number of fused-ring (bicyclic) bond motifs is 1. The number of hydrogen-bond donors (Lipinski definition) is 5. The summed E-state index contributed by atoms with van der Waals surface area (Å²) in [6, 6.07) is 14.6. The molecule has 0 spiro atoms. The van der Waals surface area contributed by atoms with E-state index >= 15 is 0 Å². The molecule has 41 heavy (non-hydrogen) atoms. The third-order valence-corrected chi connectivity index (χ3v) is 9.97. The summed E-state index contributed by atoms with van der Waals surface area (Å²) >= 11 is 1.40. The van der Waals surface area contributed by atoms with Crippen LogP contribution in [0.15, 0.2) is 64.9 Å². The maximum atomic E-state index is 13.2. The van der Waals surface area contributed by atoms with E-state index in [0.29, 0.717) is 11.8 Å². The van der Waals surface area contributed by atoms with Crippen molar-refractivity contribution in [2.45, 2.75) is 17.3 Å². The van der Waals surface area contributed by atoms with Crippen LogP contribution in [-0.4, -0.2) is 32.7 Å². The Morgan fingerprint density at radius 1 is 1.12 bits per heavy atom. The molecule has 9 nitrogen and oxygen atoms in total. The second-order valence-corrected chi connectivity index (χ2v) is 13.4. The number of rotatable bonds is 8.